The van der Waals surface area contributed by atoms with Crippen molar-refractivity contribution in [3.8, 4) is 5.69 Å². The summed E-state index contributed by atoms with van der Waals surface area (Å²) in [5, 5.41) is 16.7. The van der Waals surface area contributed by atoms with Crippen LogP contribution in [0.1, 0.15) is 45.7 Å². The normalized spacial score (nSPS) is 11.4. The summed E-state index contributed by atoms with van der Waals surface area (Å²) in [6, 6.07) is 9.00. The number of nitrogens with one attached hydrogen (secondary N) is 1. The van der Waals surface area contributed by atoms with E-state index in [1.165, 1.54) is 0 Å². The Morgan fingerprint density at radius 3 is 2.40 bits per heavy atom. The zero-order valence-electron chi connectivity index (χ0n) is 14.5. The number of carbonyl (C=O) groups excluding carboxylic acids is 1. The van der Waals surface area contributed by atoms with E-state index < -0.39 is 5.97 Å². The summed E-state index contributed by atoms with van der Waals surface area (Å²) in [6.07, 6.45) is 0.405. The summed E-state index contributed by atoms with van der Waals surface area (Å²) >= 11 is 5.94. The van der Waals surface area contributed by atoms with Gasteiger partial charge in [-0.25, -0.2) is 4.68 Å². The van der Waals surface area contributed by atoms with Gasteiger partial charge in [-0.1, -0.05) is 32.4 Å². The van der Waals surface area contributed by atoms with E-state index in [9.17, 15) is 9.59 Å². The number of aromatic nitrogens is 2. The van der Waals surface area contributed by atoms with Crippen LogP contribution >= 0.6 is 11.6 Å². The van der Waals surface area contributed by atoms with Crippen LogP contribution in [0.2, 0.25) is 5.02 Å². The van der Waals surface area contributed by atoms with Crippen molar-refractivity contribution in [3.63, 3.8) is 0 Å². The lowest BCUT2D eigenvalue weighted by molar-refractivity contribution is -0.137. The van der Waals surface area contributed by atoms with E-state index in [-0.39, 0.29) is 24.2 Å². The average molecular weight is 364 g/mol. The summed E-state index contributed by atoms with van der Waals surface area (Å²) in [6.45, 7) is 6.12. The molecular formula is C18H22ClN3O3. The number of anilines is 1. The first-order chi connectivity index (χ1) is 11.7. The highest BCUT2D eigenvalue weighted by molar-refractivity contribution is 6.30. The summed E-state index contributed by atoms with van der Waals surface area (Å²) in [5.41, 5.74) is 1.43. The molecule has 0 aliphatic rings. The summed E-state index contributed by atoms with van der Waals surface area (Å²) in [4.78, 5) is 22.7. The molecule has 0 atom stereocenters. The maximum absolute atomic E-state index is 12.1. The Balaban J connectivity index is 2.26. The lowest BCUT2D eigenvalue weighted by atomic mass is 9.92. The Morgan fingerprint density at radius 1 is 1.20 bits per heavy atom. The average Bonchev–Trinajstić information content (AvgIpc) is 2.91. The van der Waals surface area contributed by atoms with E-state index in [4.69, 9.17) is 16.7 Å². The molecule has 1 aromatic carbocycles. The molecule has 0 unspecified atom stereocenters. The molecule has 2 rings (SSSR count). The zero-order chi connectivity index (χ0) is 18.6. The number of carboxylic acids is 1. The molecule has 0 spiro atoms. The zero-order valence-corrected chi connectivity index (χ0v) is 15.3. The fraction of sp³-hybridized carbons (Fsp3) is 0.389. The van der Waals surface area contributed by atoms with Crippen LogP contribution in [-0.4, -0.2) is 26.8 Å². The molecule has 2 aromatic rings. The monoisotopic (exact) mass is 363 g/mol. The van der Waals surface area contributed by atoms with Crippen molar-refractivity contribution in [2.75, 3.05) is 5.32 Å². The SMILES string of the molecule is CC(C)(C)c1cc(NC(=O)CCCC(=O)O)n(-c2ccc(Cl)cc2)n1. The first kappa shape index (κ1) is 19.0. The third-order valence-electron chi connectivity index (χ3n) is 3.61. The lowest BCUT2D eigenvalue weighted by Gasteiger charge is -2.14. The van der Waals surface area contributed by atoms with Gasteiger partial charge in [-0.2, -0.15) is 5.10 Å². The van der Waals surface area contributed by atoms with E-state index in [0.29, 0.717) is 17.3 Å². The predicted octanol–water partition coefficient (Wildman–Crippen LogP) is 4.02. The maximum Gasteiger partial charge on any atom is 0.303 e. The number of benzene rings is 1. The first-order valence-electron chi connectivity index (χ1n) is 8.05. The minimum atomic E-state index is -0.908. The number of aliphatic carboxylic acids is 1. The number of amides is 1. The molecule has 1 aromatic heterocycles. The molecule has 0 saturated carbocycles. The van der Waals surface area contributed by atoms with Crippen LogP contribution in [0.25, 0.3) is 5.69 Å². The number of carbonyl (C=O) groups is 2. The molecule has 0 fully saturated rings. The summed E-state index contributed by atoms with van der Waals surface area (Å²) in [7, 11) is 0. The van der Waals surface area contributed by atoms with Crippen LogP contribution in [-0.2, 0) is 15.0 Å². The lowest BCUT2D eigenvalue weighted by Crippen LogP contribution is -2.15. The van der Waals surface area contributed by atoms with E-state index in [1.54, 1.807) is 16.8 Å². The first-order valence-corrected chi connectivity index (χ1v) is 8.43. The van der Waals surface area contributed by atoms with Gasteiger partial charge >= 0.3 is 5.97 Å². The van der Waals surface area contributed by atoms with Gasteiger partial charge < -0.3 is 10.4 Å². The van der Waals surface area contributed by atoms with E-state index in [0.717, 1.165) is 11.4 Å². The van der Waals surface area contributed by atoms with Crippen molar-refractivity contribution in [2.45, 2.75) is 45.4 Å². The number of rotatable bonds is 6. The Hall–Kier alpha value is -2.34. The Labute approximate surface area is 151 Å². The third-order valence-corrected chi connectivity index (χ3v) is 3.86. The molecule has 7 heteroatoms. The molecule has 6 nitrogen and oxygen atoms in total. The van der Waals surface area contributed by atoms with E-state index in [1.807, 2.05) is 39.0 Å². The molecule has 0 radical (unpaired) electrons. The molecule has 0 saturated heterocycles. The molecular weight excluding hydrogens is 342 g/mol. The van der Waals surface area contributed by atoms with Gasteiger partial charge in [0.25, 0.3) is 0 Å². The van der Waals surface area contributed by atoms with Gasteiger partial charge in [0.2, 0.25) is 5.91 Å². The molecule has 1 amide bonds. The predicted molar refractivity (Wildman–Crippen MR) is 97.4 cm³/mol. The third kappa shape index (κ3) is 5.32. The maximum atomic E-state index is 12.1. The number of carboxylic acid groups (broad SMARTS) is 1. The van der Waals surface area contributed by atoms with Crippen molar-refractivity contribution in [1.82, 2.24) is 9.78 Å². The fourth-order valence-electron chi connectivity index (χ4n) is 2.22. The number of hydrogen-bond donors (Lipinski definition) is 2. The molecule has 25 heavy (non-hydrogen) atoms. The minimum Gasteiger partial charge on any atom is -0.481 e. The Bertz CT molecular complexity index is 761. The summed E-state index contributed by atoms with van der Waals surface area (Å²) in [5.74, 6) is -0.599. The van der Waals surface area contributed by atoms with Crippen molar-refractivity contribution >= 4 is 29.3 Å². The van der Waals surface area contributed by atoms with E-state index >= 15 is 0 Å². The quantitative estimate of drug-likeness (QED) is 0.811. The van der Waals surface area contributed by atoms with Gasteiger partial charge in [-0.05, 0) is 30.7 Å². The van der Waals surface area contributed by atoms with Crippen molar-refractivity contribution in [2.24, 2.45) is 0 Å². The van der Waals surface area contributed by atoms with Gasteiger partial charge in [-0.15, -0.1) is 0 Å². The van der Waals surface area contributed by atoms with Crippen LogP contribution in [0.3, 0.4) is 0 Å². The van der Waals surface area contributed by atoms with Gasteiger partial charge in [0, 0.05) is 29.3 Å². The van der Waals surface area contributed by atoms with Crippen LogP contribution in [0.4, 0.5) is 5.82 Å². The van der Waals surface area contributed by atoms with Gasteiger partial charge in [0.05, 0.1) is 11.4 Å². The molecule has 0 aliphatic heterocycles. The van der Waals surface area contributed by atoms with E-state index in [2.05, 4.69) is 10.4 Å². The molecule has 0 bridgehead atoms. The number of halogens is 1. The van der Waals surface area contributed by atoms with Gasteiger partial charge in [-0.3, -0.25) is 9.59 Å². The molecule has 1 heterocycles. The molecule has 0 aliphatic carbocycles. The summed E-state index contributed by atoms with van der Waals surface area (Å²) < 4.78 is 1.66. The van der Waals surface area contributed by atoms with Crippen LogP contribution < -0.4 is 5.32 Å². The Kier molecular flexibility index (Phi) is 5.85. The largest absolute Gasteiger partial charge is 0.481 e. The molecule has 2 N–H and O–H groups in total. The van der Waals surface area contributed by atoms with Crippen LogP contribution in [0, 0.1) is 0 Å². The fourth-order valence-corrected chi connectivity index (χ4v) is 2.35. The smallest absolute Gasteiger partial charge is 0.303 e. The van der Waals surface area contributed by atoms with Crippen LogP contribution in [0.5, 0.6) is 0 Å². The van der Waals surface area contributed by atoms with Gasteiger partial charge in [0.15, 0.2) is 0 Å². The topological polar surface area (TPSA) is 84.2 Å². The molecule has 134 valence electrons. The van der Waals surface area contributed by atoms with Crippen molar-refractivity contribution < 1.29 is 14.7 Å². The number of hydrogen-bond acceptors (Lipinski definition) is 3. The Morgan fingerprint density at radius 2 is 1.84 bits per heavy atom. The van der Waals surface area contributed by atoms with Crippen molar-refractivity contribution in [1.29, 1.82) is 0 Å². The highest BCUT2D eigenvalue weighted by atomic mass is 35.5. The highest BCUT2D eigenvalue weighted by Crippen LogP contribution is 2.27. The second-order valence-electron chi connectivity index (χ2n) is 6.85. The number of nitrogens with zero attached hydrogens (tertiary/aromatic N) is 2. The second kappa shape index (κ2) is 7.70. The highest BCUT2D eigenvalue weighted by Gasteiger charge is 2.21. The van der Waals surface area contributed by atoms with Crippen molar-refractivity contribution in [3.05, 3.63) is 41.0 Å². The second-order valence-corrected chi connectivity index (χ2v) is 7.28. The minimum absolute atomic E-state index is 0.0306. The van der Waals surface area contributed by atoms with Gasteiger partial charge in [0.1, 0.15) is 5.82 Å². The standard InChI is InChI=1S/C18H22ClN3O3/c1-18(2,3)14-11-15(20-16(23)5-4-6-17(24)25)22(21-14)13-9-7-12(19)8-10-13/h7-11H,4-6H2,1-3H3,(H,20,23)(H,24,25). The van der Waals surface area contributed by atoms with Crippen LogP contribution in [0.15, 0.2) is 30.3 Å².